The Balaban J connectivity index is 1.69. The first kappa shape index (κ1) is 19.0. The molecule has 0 aliphatic heterocycles. The lowest BCUT2D eigenvalue weighted by Gasteiger charge is -2.08. The topological polar surface area (TPSA) is 84.0 Å². The molecule has 9 heteroatoms. The van der Waals surface area contributed by atoms with E-state index in [1.54, 1.807) is 24.3 Å². The predicted molar refractivity (Wildman–Crippen MR) is 96.0 cm³/mol. The molecular formula is C19H13F3N4O2. The molecule has 0 fully saturated rings. The van der Waals surface area contributed by atoms with Gasteiger partial charge in [0.25, 0.3) is 5.91 Å². The monoisotopic (exact) mass is 386 g/mol. The first-order valence-corrected chi connectivity index (χ1v) is 8.00. The van der Waals surface area contributed by atoms with Gasteiger partial charge in [-0.2, -0.15) is 0 Å². The zero-order valence-corrected chi connectivity index (χ0v) is 14.5. The summed E-state index contributed by atoms with van der Waals surface area (Å²) in [5, 5.41) is 5.05. The Morgan fingerprint density at radius 3 is 2.21 bits per heavy atom. The fraction of sp³-hybridized carbons (Fsp3) is 0.0526. The summed E-state index contributed by atoms with van der Waals surface area (Å²) in [7, 11) is 0. The van der Waals surface area contributed by atoms with Gasteiger partial charge in [0.15, 0.2) is 23.2 Å². The summed E-state index contributed by atoms with van der Waals surface area (Å²) < 4.78 is 39.9. The maximum Gasteiger partial charge on any atom is 0.275 e. The van der Waals surface area contributed by atoms with Crippen LogP contribution in [-0.4, -0.2) is 21.7 Å². The number of halogens is 3. The van der Waals surface area contributed by atoms with Gasteiger partial charge in [0, 0.05) is 11.3 Å². The fourth-order valence-corrected chi connectivity index (χ4v) is 2.25. The molecule has 1 amide bonds. The Hall–Kier alpha value is -3.75. The molecule has 2 N–H and O–H groups in total. The average Bonchev–Trinajstić information content (AvgIpc) is 2.69. The van der Waals surface area contributed by atoms with Crippen LogP contribution in [0.25, 0.3) is 0 Å². The molecule has 142 valence electrons. The summed E-state index contributed by atoms with van der Waals surface area (Å²) in [4.78, 5) is 31.2. The van der Waals surface area contributed by atoms with E-state index in [1.165, 1.54) is 6.92 Å². The number of hydrogen-bond acceptors (Lipinski definition) is 5. The number of Topliss-reactive ketones (excluding diaryl/α,β-unsaturated/α-hetero) is 1. The summed E-state index contributed by atoms with van der Waals surface area (Å²) in [6.07, 6.45) is 2.29. The Labute approximate surface area is 157 Å². The van der Waals surface area contributed by atoms with Crippen LogP contribution in [0.4, 0.5) is 30.4 Å². The molecule has 0 spiro atoms. The summed E-state index contributed by atoms with van der Waals surface area (Å²) in [5.41, 5.74) is 0.628. The molecule has 1 heterocycles. The van der Waals surface area contributed by atoms with E-state index in [1.807, 2.05) is 0 Å². The summed E-state index contributed by atoms with van der Waals surface area (Å²) in [6.45, 7) is 1.44. The zero-order chi connectivity index (χ0) is 20.3. The Bertz CT molecular complexity index is 1040. The average molecular weight is 386 g/mol. The molecule has 3 aromatic rings. The molecule has 0 unspecified atom stereocenters. The van der Waals surface area contributed by atoms with E-state index in [-0.39, 0.29) is 23.0 Å². The lowest BCUT2D eigenvalue weighted by atomic mass is 10.1. The van der Waals surface area contributed by atoms with E-state index in [4.69, 9.17) is 0 Å². The molecule has 0 saturated carbocycles. The van der Waals surface area contributed by atoms with Crippen LogP contribution in [0, 0.1) is 17.5 Å². The second-order valence-corrected chi connectivity index (χ2v) is 5.72. The van der Waals surface area contributed by atoms with Crippen LogP contribution in [0.15, 0.2) is 48.8 Å². The van der Waals surface area contributed by atoms with Crippen molar-refractivity contribution >= 4 is 28.9 Å². The molecule has 1 aromatic heterocycles. The number of rotatable bonds is 5. The Morgan fingerprint density at radius 2 is 1.61 bits per heavy atom. The van der Waals surface area contributed by atoms with E-state index < -0.39 is 23.4 Å². The van der Waals surface area contributed by atoms with Crippen LogP contribution in [-0.2, 0) is 0 Å². The number of amides is 1. The van der Waals surface area contributed by atoms with Gasteiger partial charge in [0.05, 0.1) is 18.1 Å². The number of aromatic nitrogens is 2. The molecule has 2 aromatic carbocycles. The number of anilines is 3. The maximum absolute atomic E-state index is 13.7. The predicted octanol–water partition coefficient (Wildman–Crippen LogP) is 4.09. The normalized spacial score (nSPS) is 10.4. The molecule has 0 atom stereocenters. The summed E-state index contributed by atoms with van der Waals surface area (Å²) >= 11 is 0. The van der Waals surface area contributed by atoms with Gasteiger partial charge in [-0.15, -0.1) is 0 Å². The largest absolute Gasteiger partial charge is 0.336 e. The van der Waals surface area contributed by atoms with E-state index in [9.17, 15) is 22.8 Å². The van der Waals surface area contributed by atoms with Crippen LogP contribution < -0.4 is 10.6 Å². The van der Waals surface area contributed by atoms with Gasteiger partial charge in [0.2, 0.25) is 0 Å². The third kappa shape index (κ3) is 4.14. The number of ketones is 1. The quantitative estimate of drug-likeness (QED) is 0.510. The zero-order valence-electron chi connectivity index (χ0n) is 14.5. The van der Waals surface area contributed by atoms with Gasteiger partial charge >= 0.3 is 0 Å². The number of carbonyl (C=O) groups excluding carboxylic acids is 2. The van der Waals surface area contributed by atoms with E-state index in [2.05, 4.69) is 20.6 Å². The lowest BCUT2D eigenvalue weighted by molar-refractivity contribution is 0.101. The third-order valence-corrected chi connectivity index (χ3v) is 3.73. The molecule has 0 aliphatic carbocycles. The first-order chi connectivity index (χ1) is 13.3. The van der Waals surface area contributed by atoms with Crippen LogP contribution in [0.5, 0.6) is 0 Å². The Kier molecular flexibility index (Phi) is 5.35. The van der Waals surface area contributed by atoms with Crippen molar-refractivity contribution in [2.24, 2.45) is 0 Å². The van der Waals surface area contributed by atoms with Crippen LogP contribution in [0.2, 0.25) is 0 Å². The number of nitrogens with zero attached hydrogens (tertiary/aromatic N) is 2. The second kappa shape index (κ2) is 7.87. The highest BCUT2D eigenvalue weighted by atomic mass is 19.2. The minimum absolute atomic E-state index is 0.0213. The molecule has 0 saturated heterocycles. The number of benzene rings is 2. The van der Waals surface area contributed by atoms with Crippen molar-refractivity contribution < 1.29 is 22.8 Å². The van der Waals surface area contributed by atoms with Crippen molar-refractivity contribution in [3.63, 3.8) is 0 Å². The lowest BCUT2D eigenvalue weighted by Crippen LogP contribution is -2.14. The van der Waals surface area contributed by atoms with Crippen molar-refractivity contribution in [2.45, 2.75) is 6.92 Å². The van der Waals surface area contributed by atoms with E-state index >= 15 is 0 Å². The van der Waals surface area contributed by atoms with Gasteiger partial charge in [-0.25, -0.2) is 23.1 Å². The van der Waals surface area contributed by atoms with E-state index in [0.29, 0.717) is 11.3 Å². The number of hydrogen-bond donors (Lipinski definition) is 2. The highest BCUT2D eigenvalue weighted by molar-refractivity contribution is 6.03. The standard InChI is InChI=1S/C19H13F3N4O2/c1-10(27)11-2-4-12(5-3-11)25-19(28)15-8-24-16(9-23-15)26-14-7-6-13(20)17(21)18(14)22/h2-9H,1H3,(H,24,26)(H,25,28). The molecule has 0 aliphatic rings. The van der Waals surface area contributed by atoms with Gasteiger partial charge in [0.1, 0.15) is 11.5 Å². The highest BCUT2D eigenvalue weighted by Crippen LogP contribution is 2.22. The third-order valence-electron chi connectivity index (χ3n) is 3.73. The van der Waals surface area contributed by atoms with Crippen molar-refractivity contribution in [2.75, 3.05) is 10.6 Å². The SMILES string of the molecule is CC(=O)c1ccc(NC(=O)c2cnc(Nc3ccc(F)c(F)c3F)cn2)cc1. The van der Waals surface area contributed by atoms with Gasteiger partial charge < -0.3 is 10.6 Å². The maximum atomic E-state index is 13.7. The molecule has 0 radical (unpaired) electrons. The van der Waals surface area contributed by atoms with Crippen LogP contribution >= 0.6 is 0 Å². The smallest absolute Gasteiger partial charge is 0.275 e. The minimum Gasteiger partial charge on any atom is -0.336 e. The first-order valence-electron chi connectivity index (χ1n) is 8.00. The second-order valence-electron chi connectivity index (χ2n) is 5.72. The molecular weight excluding hydrogens is 373 g/mol. The molecule has 28 heavy (non-hydrogen) atoms. The van der Waals surface area contributed by atoms with Crippen molar-refractivity contribution in [3.8, 4) is 0 Å². The van der Waals surface area contributed by atoms with Gasteiger partial charge in [-0.05, 0) is 43.3 Å². The van der Waals surface area contributed by atoms with Gasteiger partial charge in [-0.1, -0.05) is 0 Å². The van der Waals surface area contributed by atoms with Crippen molar-refractivity contribution in [1.29, 1.82) is 0 Å². The van der Waals surface area contributed by atoms with Crippen LogP contribution in [0.1, 0.15) is 27.8 Å². The fourth-order valence-electron chi connectivity index (χ4n) is 2.25. The number of nitrogens with one attached hydrogen (secondary N) is 2. The minimum atomic E-state index is -1.61. The summed E-state index contributed by atoms with van der Waals surface area (Å²) in [6, 6.07) is 8.09. The van der Waals surface area contributed by atoms with Crippen LogP contribution in [0.3, 0.4) is 0 Å². The Morgan fingerprint density at radius 1 is 0.893 bits per heavy atom. The molecule has 3 rings (SSSR count). The molecule has 6 nitrogen and oxygen atoms in total. The highest BCUT2D eigenvalue weighted by Gasteiger charge is 2.14. The van der Waals surface area contributed by atoms with E-state index in [0.717, 1.165) is 24.5 Å². The molecule has 0 bridgehead atoms. The van der Waals surface area contributed by atoms with Gasteiger partial charge in [-0.3, -0.25) is 9.59 Å². The summed E-state index contributed by atoms with van der Waals surface area (Å²) in [5.74, 6) is -4.91. The van der Waals surface area contributed by atoms with Crippen molar-refractivity contribution in [1.82, 2.24) is 9.97 Å². The number of carbonyl (C=O) groups is 2. The van der Waals surface area contributed by atoms with Crippen molar-refractivity contribution in [3.05, 3.63) is 77.5 Å².